The Labute approximate surface area is 104 Å². The van der Waals surface area contributed by atoms with Gasteiger partial charge in [-0.05, 0) is 12.3 Å². The Bertz CT molecular complexity index is 663. The largest absolute Gasteiger partial charge is 0.339 e. The number of hydrogen-bond donors (Lipinski definition) is 1. The maximum Gasteiger partial charge on any atom is 0.332 e. The van der Waals surface area contributed by atoms with Crippen LogP contribution in [0.25, 0.3) is 11.2 Å². The van der Waals surface area contributed by atoms with Crippen LogP contribution in [0.4, 0.5) is 0 Å². The van der Waals surface area contributed by atoms with Crippen LogP contribution in [0.1, 0.15) is 27.2 Å². The Kier molecular flexibility index (Phi) is 3.36. The van der Waals surface area contributed by atoms with Crippen LogP contribution in [0, 0.1) is 5.92 Å². The second kappa shape index (κ2) is 4.80. The van der Waals surface area contributed by atoms with Crippen LogP contribution in [0.2, 0.25) is 0 Å². The van der Waals surface area contributed by atoms with E-state index in [2.05, 4.69) is 9.97 Å². The van der Waals surface area contributed by atoms with Crippen molar-refractivity contribution in [3.8, 4) is 0 Å². The molecular formula is C12H18N4O2. The third kappa shape index (κ3) is 1.98. The van der Waals surface area contributed by atoms with Crippen molar-refractivity contribution in [1.29, 1.82) is 0 Å². The van der Waals surface area contributed by atoms with E-state index in [4.69, 9.17) is 0 Å². The lowest BCUT2D eigenvalue weighted by Gasteiger charge is -2.12. The van der Waals surface area contributed by atoms with Gasteiger partial charge in [0.15, 0.2) is 5.65 Å². The summed E-state index contributed by atoms with van der Waals surface area (Å²) in [5.74, 6) is 0.315. The van der Waals surface area contributed by atoms with Crippen molar-refractivity contribution in [1.82, 2.24) is 19.1 Å². The minimum Gasteiger partial charge on any atom is -0.339 e. The fourth-order valence-corrected chi connectivity index (χ4v) is 2.06. The molecule has 0 saturated heterocycles. The highest BCUT2D eigenvalue weighted by atomic mass is 16.2. The van der Waals surface area contributed by atoms with Gasteiger partial charge in [-0.3, -0.25) is 13.9 Å². The van der Waals surface area contributed by atoms with E-state index in [1.807, 2.05) is 20.8 Å². The molecule has 2 aromatic rings. The topological polar surface area (TPSA) is 72.7 Å². The third-order valence-electron chi connectivity index (χ3n) is 2.79. The molecule has 0 aliphatic heterocycles. The van der Waals surface area contributed by atoms with E-state index in [9.17, 15) is 9.59 Å². The number of nitrogens with zero attached hydrogens (tertiary/aromatic N) is 3. The summed E-state index contributed by atoms with van der Waals surface area (Å²) in [5.41, 5.74) is 0.305. The molecule has 2 rings (SSSR count). The van der Waals surface area contributed by atoms with Crippen LogP contribution >= 0.6 is 0 Å². The highest BCUT2D eigenvalue weighted by molar-refractivity contribution is 5.68. The zero-order valence-corrected chi connectivity index (χ0v) is 10.9. The fraction of sp³-hybridized carbons (Fsp3) is 0.583. The van der Waals surface area contributed by atoms with Gasteiger partial charge in [-0.2, -0.15) is 0 Å². The van der Waals surface area contributed by atoms with Crippen molar-refractivity contribution < 1.29 is 0 Å². The molecule has 0 spiro atoms. The SMILES string of the molecule is CCCn1c(=O)c2[nH]cnc2n(CC(C)C)c1=O. The molecule has 2 aromatic heterocycles. The number of rotatable bonds is 4. The molecule has 0 saturated carbocycles. The van der Waals surface area contributed by atoms with Gasteiger partial charge in [0.05, 0.1) is 6.33 Å². The summed E-state index contributed by atoms with van der Waals surface area (Å²) in [6, 6.07) is 0. The lowest BCUT2D eigenvalue weighted by atomic mass is 10.2. The first-order valence-corrected chi connectivity index (χ1v) is 6.23. The summed E-state index contributed by atoms with van der Waals surface area (Å²) in [5, 5.41) is 0. The third-order valence-corrected chi connectivity index (χ3v) is 2.79. The van der Waals surface area contributed by atoms with E-state index in [1.54, 1.807) is 4.57 Å². The highest BCUT2D eigenvalue weighted by Gasteiger charge is 2.15. The van der Waals surface area contributed by atoms with Crippen molar-refractivity contribution in [2.24, 2.45) is 5.92 Å². The molecule has 6 heteroatoms. The minimum absolute atomic E-state index is 0.268. The molecule has 0 atom stereocenters. The van der Waals surface area contributed by atoms with Gasteiger partial charge in [0, 0.05) is 13.1 Å². The van der Waals surface area contributed by atoms with Gasteiger partial charge in [0.2, 0.25) is 0 Å². The first-order valence-electron chi connectivity index (χ1n) is 6.23. The van der Waals surface area contributed by atoms with E-state index < -0.39 is 0 Å². The second-order valence-corrected chi connectivity index (χ2v) is 4.84. The quantitative estimate of drug-likeness (QED) is 0.878. The maximum absolute atomic E-state index is 12.3. The average molecular weight is 250 g/mol. The second-order valence-electron chi connectivity index (χ2n) is 4.84. The average Bonchev–Trinajstić information content (AvgIpc) is 2.79. The van der Waals surface area contributed by atoms with Crippen LogP contribution in [-0.2, 0) is 13.1 Å². The molecule has 0 fully saturated rings. The zero-order valence-electron chi connectivity index (χ0n) is 10.9. The van der Waals surface area contributed by atoms with E-state index in [-0.39, 0.29) is 11.2 Å². The van der Waals surface area contributed by atoms with Crippen molar-refractivity contribution in [2.45, 2.75) is 40.3 Å². The van der Waals surface area contributed by atoms with Crippen molar-refractivity contribution in [2.75, 3.05) is 0 Å². The number of H-pyrrole nitrogens is 1. The predicted octanol–water partition coefficient (Wildman–Crippen LogP) is 0.952. The van der Waals surface area contributed by atoms with Gasteiger partial charge < -0.3 is 4.98 Å². The number of imidazole rings is 1. The van der Waals surface area contributed by atoms with E-state index in [1.165, 1.54) is 10.9 Å². The molecule has 0 aliphatic carbocycles. The summed E-state index contributed by atoms with van der Waals surface area (Å²) in [4.78, 5) is 31.3. The van der Waals surface area contributed by atoms with Crippen molar-refractivity contribution >= 4 is 11.2 Å². The normalized spacial score (nSPS) is 11.6. The van der Waals surface area contributed by atoms with Gasteiger partial charge in [0.25, 0.3) is 5.56 Å². The molecule has 6 nitrogen and oxygen atoms in total. The summed E-state index contributed by atoms with van der Waals surface area (Å²) < 4.78 is 2.86. The van der Waals surface area contributed by atoms with Crippen LogP contribution in [0.5, 0.6) is 0 Å². The molecule has 1 N–H and O–H groups in total. The molecule has 2 heterocycles. The highest BCUT2D eigenvalue weighted by Crippen LogP contribution is 2.05. The lowest BCUT2D eigenvalue weighted by Crippen LogP contribution is -2.40. The fourth-order valence-electron chi connectivity index (χ4n) is 2.06. The standard InChI is InChI=1S/C12H18N4O2/c1-4-5-15-11(17)9-10(14-7-13-9)16(12(15)18)6-8(2)3/h7-8H,4-6H2,1-3H3,(H,13,14). The molecule has 18 heavy (non-hydrogen) atoms. The maximum atomic E-state index is 12.3. The number of fused-ring (bicyclic) bond motifs is 1. The molecule has 0 radical (unpaired) electrons. The summed E-state index contributed by atoms with van der Waals surface area (Å²) in [7, 11) is 0. The predicted molar refractivity (Wildman–Crippen MR) is 69.7 cm³/mol. The Morgan fingerprint density at radius 3 is 2.67 bits per heavy atom. The first-order chi connectivity index (χ1) is 8.56. The van der Waals surface area contributed by atoms with E-state index in [0.717, 1.165) is 6.42 Å². The van der Waals surface area contributed by atoms with Crippen LogP contribution < -0.4 is 11.2 Å². The first kappa shape index (κ1) is 12.6. The lowest BCUT2D eigenvalue weighted by molar-refractivity contribution is 0.485. The van der Waals surface area contributed by atoms with Gasteiger partial charge in [-0.15, -0.1) is 0 Å². The van der Waals surface area contributed by atoms with Gasteiger partial charge >= 0.3 is 5.69 Å². The van der Waals surface area contributed by atoms with Crippen LogP contribution in [0.3, 0.4) is 0 Å². The molecule has 98 valence electrons. The Morgan fingerprint density at radius 2 is 2.06 bits per heavy atom. The van der Waals surface area contributed by atoms with Crippen molar-refractivity contribution in [3.05, 3.63) is 27.2 Å². The monoisotopic (exact) mass is 250 g/mol. The van der Waals surface area contributed by atoms with E-state index in [0.29, 0.717) is 30.2 Å². The van der Waals surface area contributed by atoms with Crippen LogP contribution in [-0.4, -0.2) is 19.1 Å². The Balaban J connectivity index is 2.78. The molecule has 0 bridgehead atoms. The van der Waals surface area contributed by atoms with Gasteiger partial charge in [-0.25, -0.2) is 9.78 Å². The van der Waals surface area contributed by atoms with E-state index >= 15 is 0 Å². The number of aromatic nitrogens is 4. The molecule has 0 aromatic carbocycles. The summed E-state index contributed by atoms with van der Waals surface area (Å²) in [6.07, 6.45) is 2.20. The van der Waals surface area contributed by atoms with Gasteiger partial charge in [0.1, 0.15) is 5.52 Å². The zero-order chi connectivity index (χ0) is 13.3. The van der Waals surface area contributed by atoms with Crippen LogP contribution in [0.15, 0.2) is 15.9 Å². The molecular weight excluding hydrogens is 232 g/mol. The number of nitrogens with one attached hydrogen (secondary N) is 1. The van der Waals surface area contributed by atoms with Gasteiger partial charge in [-0.1, -0.05) is 20.8 Å². The van der Waals surface area contributed by atoms with Crippen molar-refractivity contribution in [3.63, 3.8) is 0 Å². The Hall–Kier alpha value is -1.85. The molecule has 0 unspecified atom stereocenters. The summed E-state index contributed by atoms with van der Waals surface area (Å²) >= 11 is 0. The Morgan fingerprint density at radius 1 is 1.33 bits per heavy atom. The molecule has 0 aliphatic rings. The number of aromatic amines is 1. The number of hydrogen-bond acceptors (Lipinski definition) is 3. The smallest absolute Gasteiger partial charge is 0.332 e. The molecule has 0 amide bonds. The minimum atomic E-state index is -0.283. The summed E-state index contributed by atoms with van der Waals surface area (Å²) in [6.45, 7) is 6.99.